The number of fused-ring (bicyclic) bond motifs is 1. The van der Waals surface area contributed by atoms with E-state index in [4.69, 9.17) is 5.11 Å². The van der Waals surface area contributed by atoms with E-state index >= 15 is 0 Å². The number of imidazole rings is 1. The second kappa shape index (κ2) is 5.21. The Morgan fingerprint density at radius 3 is 2.41 bits per heavy atom. The van der Waals surface area contributed by atoms with Crippen LogP contribution in [0.15, 0.2) is 42.5 Å². The van der Waals surface area contributed by atoms with Crippen molar-refractivity contribution in [2.24, 2.45) is 0 Å². The number of hydrogen-bond donors (Lipinski definition) is 4. The number of carboxylic acid groups (broad SMARTS) is 1. The number of carboxylic acids is 1. The van der Waals surface area contributed by atoms with Gasteiger partial charge in [-0.2, -0.15) is 0 Å². The molecular weight excluding hydrogens is 286 g/mol. The van der Waals surface area contributed by atoms with Crippen LogP contribution in [0.25, 0.3) is 11.0 Å². The van der Waals surface area contributed by atoms with Gasteiger partial charge in [0.25, 0.3) is 5.91 Å². The van der Waals surface area contributed by atoms with Crippen molar-refractivity contribution in [1.29, 1.82) is 0 Å². The second-order valence-electron chi connectivity index (χ2n) is 4.62. The molecule has 0 spiro atoms. The lowest BCUT2D eigenvalue weighted by atomic mass is 10.2. The van der Waals surface area contributed by atoms with Crippen LogP contribution in [-0.2, 0) is 0 Å². The number of phenols is 1. The number of phenolic OH excluding ortho intramolecular Hbond substituents is 1. The zero-order valence-electron chi connectivity index (χ0n) is 11.2. The number of H-pyrrole nitrogens is 1. The number of hydrogen-bond acceptors (Lipinski definition) is 4. The molecule has 1 heterocycles. The van der Waals surface area contributed by atoms with Crippen molar-refractivity contribution in [1.82, 2.24) is 9.97 Å². The highest BCUT2D eigenvalue weighted by atomic mass is 16.4. The van der Waals surface area contributed by atoms with Crippen LogP contribution in [0.4, 0.5) is 5.95 Å². The fourth-order valence-corrected chi connectivity index (χ4v) is 1.99. The Bertz CT molecular complexity index is 868. The Morgan fingerprint density at radius 1 is 1.05 bits per heavy atom. The number of amides is 1. The number of benzene rings is 2. The van der Waals surface area contributed by atoms with Crippen LogP contribution in [0.5, 0.6) is 5.75 Å². The summed E-state index contributed by atoms with van der Waals surface area (Å²) in [6.07, 6.45) is 0. The molecule has 3 aromatic rings. The molecule has 0 unspecified atom stereocenters. The summed E-state index contributed by atoms with van der Waals surface area (Å²) in [5.41, 5.74) is 1.55. The Morgan fingerprint density at radius 2 is 1.73 bits per heavy atom. The van der Waals surface area contributed by atoms with Crippen LogP contribution in [0.3, 0.4) is 0 Å². The highest BCUT2D eigenvalue weighted by Gasteiger charge is 2.11. The number of aromatic carboxylic acids is 1. The molecule has 0 atom stereocenters. The fourth-order valence-electron chi connectivity index (χ4n) is 1.99. The topological polar surface area (TPSA) is 115 Å². The molecule has 0 aliphatic carbocycles. The lowest BCUT2D eigenvalue weighted by molar-refractivity contribution is 0.0696. The van der Waals surface area contributed by atoms with E-state index in [1.54, 1.807) is 6.07 Å². The average molecular weight is 297 g/mol. The van der Waals surface area contributed by atoms with E-state index in [1.807, 2.05) is 0 Å². The Balaban J connectivity index is 1.86. The summed E-state index contributed by atoms with van der Waals surface area (Å²) in [4.78, 5) is 30.0. The molecule has 0 saturated carbocycles. The number of aromatic hydroxyl groups is 1. The molecule has 4 N–H and O–H groups in total. The first kappa shape index (κ1) is 13.6. The number of rotatable bonds is 3. The SMILES string of the molecule is O=C(O)c1ccc2[nH]c(NC(=O)c3ccc(O)cc3)nc2c1. The predicted molar refractivity (Wildman–Crippen MR) is 79.1 cm³/mol. The number of carbonyl (C=O) groups excluding carboxylic acids is 1. The average Bonchev–Trinajstić information content (AvgIpc) is 2.88. The minimum Gasteiger partial charge on any atom is -0.508 e. The van der Waals surface area contributed by atoms with Crippen molar-refractivity contribution in [2.45, 2.75) is 0 Å². The van der Waals surface area contributed by atoms with Crippen molar-refractivity contribution in [3.8, 4) is 5.75 Å². The minimum absolute atomic E-state index is 0.0708. The van der Waals surface area contributed by atoms with Gasteiger partial charge < -0.3 is 15.2 Å². The van der Waals surface area contributed by atoms with Crippen LogP contribution < -0.4 is 5.32 Å². The summed E-state index contributed by atoms with van der Waals surface area (Å²) in [7, 11) is 0. The summed E-state index contributed by atoms with van der Waals surface area (Å²) in [6, 6.07) is 10.2. The number of nitrogens with one attached hydrogen (secondary N) is 2. The van der Waals surface area contributed by atoms with Crippen LogP contribution in [0.1, 0.15) is 20.7 Å². The molecular formula is C15H11N3O4. The van der Waals surface area contributed by atoms with E-state index < -0.39 is 11.9 Å². The van der Waals surface area contributed by atoms with Gasteiger partial charge >= 0.3 is 5.97 Å². The van der Waals surface area contributed by atoms with Crippen molar-refractivity contribution in [2.75, 3.05) is 5.32 Å². The van der Waals surface area contributed by atoms with Crippen LogP contribution in [0.2, 0.25) is 0 Å². The molecule has 7 nitrogen and oxygen atoms in total. The third kappa shape index (κ3) is 2.59. The van der Waals surface area contributed by atoms with Gasteiger partial charge in [0.1, 0.15) is 5.75 Å². The fraction of sp³-hybridized carbons (Fsp3) is 0. The van der Waals surface area contributed by atoms with E-state index in [2.05, 4.69) is 15.3 Å². The van der Waals surface area contributed by atoms with Crippen molar-refractivity contribution >= 4 is 28.9 Å². The Kier molecular flexibility index (Phi) is 3.23. The van der Waals surface area contributed by atoms with E-state index in [9.17, 15) is 14.7 Å². The molecule has 7 heteroatoms. The molecule has 22 heavy (non-hydrogen) atoms. The lowest BCUT2D eigenvalue weighted by Gasteiger charge is -2.01. The van der Waals surface area contributed by atoms with Gasteiger partial charge in [-0.25, -0.2) is 9.78 Å². The smallest absolute Gasteiger partial charge is 0.335 e. The van der Waals surface area contributed by atoms with Gasteiger partial charge in [0.05, 0.1) is 16.6 Å². The van der Waals surface area contributed by atoms with Gasteiger partial charge in [-0.1, -0.05) is 0 Å². The molecule has 3 rings (SSSR count). The molecule has 1 amide bonds. The van der Waals surface area contributed by atoms with Crippen molar-refractivity contribution in [3.63, 3.8) is 0 Å². The molecule has 0 aliphatic heterocycles. The van der Waals surface area contributed by atoms with Crippen molar-refractivity contribution < 1.29 is 19.8 Å². The first-order valence-electron chi connectivity index (χ1n) is 6.36. The first-order chi connectivity index (χ1) is 10.5. The number of nitrogens with zero attached hydrogens (tertiary/aromatic N) is 1. The molecule has 1 aromatic heterocycles. The van der Waals surface area contributed by atoms with E-state index in [0.717, 1.165) is 0 Å². The van der Waals surface area contributed by atoms with E-state index in [1.165, 1.54) is 36.4 Å². The van der Waals surface area contributed by atoms with Gasteiger partial charge in [0.15, 0.2) is 0 Å². The zero-order chi connectivity index (χ0) is 15.7. The Labute approximate surface area is 124 Å². The summed E-state index contributed by atoms with van der Waals surface area (Å²) in [5.74, 6) is -1.14. The maximum absolute atomic E-state index is 12.0. The molecule has 0 aliphatic rings. The zero-order valence-corrected chi connectivity index (χ0v) is 11.2. The molecule has 2 aromatic carbocycles. The molecule has 0 saturated heterocycles. The number of anilines is 1. The monoisotopic (exact) mass is 297 g/mol. The number of aromatic nitrogens is 2. The first-order valence-corrected chi connectivity index (χ1v) is 6.36. The summed E-state index contributed by atoms with van der Waals surface area (Å²) in [6.45, 7) is 0. The standard InChI is InChI=1S/C15H11N3O4/c19-10-4-1-8(2-5-10)13(20)18-15-16-11-6-3-9(14(21)22)7-12(11)17-15/h1-7,19H,(H,21,22)(H2,16,17,18,20). The predicted octanol–water partition coefficient (Wildman–Crippen LogP) is 2.22. The van der Waals surface area contributed by atoms with Gasteiger partial charge in [-0.05, 0) is 42.5 Å². The van der Waals surface area contributed by atoms with Gasteiger partial charge in [-0.3, -0.25) is 10.1 Å². The second-order valence-corrected chi connectivity index (χ2v) is 4.62. The summed E-state index contributed by atoms with van der Waals surface area (Å²) >= 11 is 0. The van der Waals surface area contributed by atoms with Crippen LogP contribution in [0, 0.1) is 0 Å². The minimum atomic E-state index is -1.04. The lowest BCUT2D eigenvalue weighted by Crippen LogP contribution is -2.12. The Hall–Kier alpha value is -3.35. The normalized spacial score (nSPS) is 10.5. The van der Waals surface area contributed by atoms with Gasteiger partial charge in [-0.15, -0.1) is 0 Å². The molecule has 0 radical (unpaired) electrons. The van der Waals surface area contributed by atoms with Gasteiger partial charge in [0, 0.05) is 5.56 Å². The largest absolute Gasteiger partial charge is 0.508 e. The summed E-state index contributed by atoms with van der Waals surface area (Å²) in [5, 5.41) is 20.7. The quantitative estimate of drug-likeness (QED) is 0.591. The van der Waals surface area contributed by atoms with E-state index in [-0.39, 0.29) is 17.3 Å². The van der Waals surface area contributed by atoms with Crippen molar-refractivity contribution in [3.05, 3.63) is 53.6 Å². The maximum Gasteiger partial charge on any atom is 0.335 e. The highest BCUT2D eigenvalue weighted by Crippen LogP contribution is 2.17. The molecule has 0 bridgehead atoms. The number of carbonyl (C=O) groups is 2. The van der Waals surface area contributed by atoms with Crippen LogP contribution >= 0.6 is 0 Å². The highest BCUT2D eigenvalue weighted by molar-refractivity contribution is 6.04. The van der Waals surface area contributed by atoms with E-state index in [0.29, 0.717) is 16.6 Å². The molecule has 110 valence electrons. The summed E-state index contributed by atoms with van der Waals surface area (Å²) < 4.78 is 0. The maximum atomic E-state index is 12.0. The third-order valence-corrected chi connectivity index (χ3v) is 3.09. The van der Waals surface area contributed by atoms with Gasteiger partial charge in [0.2, 0.25) is 5.95 Å². The third-order valence-electron chi connectivity index (χ3n) is 3.09. The van der Waals surface area contributed by atoms with Crippen LogP contribution in [-0.4, -0.2) is 32.1 Å². The molecule has 0 fully saturated rings. The number of aromatic amines is 1.